The molecule has 1 aliphatic rings. The molecule has 1 aliphatic heterocycles. The minimum Gasteiger partial charge on any atom is -0.463 e. The minimum absolute atomic E-state index is 0.168. The van der Waals surface area contributed by atoms with Gasteiger partial charge in [0.25, 0.3) is 5.92 Å². The van der Waals surface area contributed by atoms with Crippen LogP contribution in [0.5, 0.6) is 5.75 Å². The van der Waals surface area contributed by atoms with Gasteiger partial charge in [0.2, 0.25) is 11.7 Å². The molecule has 0 saturated heterocycles. The first-order valence-electron chi connectivity index (χ1n) is 11.7. The van der Waals surface area contributed by atoms with Crippen LogP contribution in [0, 0.1) is 0 Å². The van der Waals surface area contributed by atoms with Crippen molar-refractivity contribution in [3.63, 3.8) is 0 Å². The van der Waals surface area contributed by atoms with Gasteiger partial charge >= 0.3 is 0 Å². The van der Waals surface area contributed by atoms with Crippen molar-refractivity contribution in [2.45, 2.75) is 63.5 Å². The van der Waals surface area contributed by atoms with Gasteiger partial charge in [0.15, 0.2) is 0 Å². The van der Waals surface area contributed by atoms with Gasteiger partial charge in [0.05, 0.1) is 19.3 Å². The Kier molecular flexibility index (Phi) is 9.15. The number of rotatable bonds is 13. The molecular formula is C26H33F4NO4. The third-order valence-electron chi connectivity index (χ3n) is 5.73. The molecule has 0 saturated carbocycles. The van der Waals surface area contributed by atoms with E-state index in [0.717, 1.165) is 5.56 Å². The van der Waals surface area contributed by atoms with Crippen molar-refractivity contribution in [1.29, 1.82) is 0 Å². The van der Waals surface area contributed by atoms with E-state index in [0.29, 0.717) is 17.9 Å². The number of ether oxygens (including phenoxy) is 3. The lowest BCUT2D eigenvalue weighted by molar-refractivity contribution is -0.180. The van der Waals surface area contributed by atoms with E-state index < -0.39 is 49.8 Å². The van der Waals surface area contributed by atoms with E-state index in [1.165, 1.54) is 24.3 Å². The van der Waals surface area contributed by atoms with Crippen LogP contribution < -0.4 is 10.1 Å². The van der Waals surface area contributed by atoms with Crippen molar-refractivity contribution in [3.05, 3.63) is 65.2 Å². The number of halogens is 4. The standard InChI is InChI=1S/C26H33F4NO4/c1-24(2)34-17-20-15-19(9-10-23(20)35-24)22(32)16-31-13-6-11-25(27,28)12-14-33-18-26(29,30)21-7-4-3-5-8-21/h3-5,7-10,15,22,31-32H,6,11-14,16-18H2,1-2H3/t22-/m0/s1. The lowest BCUT2D eigenvalue weighted by atomic mass is 10.0. The predicted molar refractivity (Wildman–Crippen MR) is 124 cm³/mol. The zero-order valence-corrected chi connectivity index (χ0v) is 20.0. The zero-order chi connectivity index (χ0) is 25.5. The Labute approximate surface area is 203 Å². The molecule has 0 amide bonds. The fourth-order valence-electron chi connectivity index (χ4n) is 3.71. The highest BCUT2D eigenvalue weighted by molar-refractivity contribution is 5.39. The van der Waals surface area contributed by atoms with Gasteiger partial charge in [-0.05, 0) is 30.7 Å². The van der Waals surface area contributed by atoms with Gasteiger partial charge in [-0.2, -0.15) is 8.78 Å². The Bertz CT molecular complexity index is 940. The van der Waals surface area contributed by atoms with Crippen molar-refractivity contribution in [2.75, 3.05) is 26.3 Å². The molecule has 2 N–H and O–H groups in total. The zero-order valence-electron chi connectivity index (χ0n) is 20.0. The van der Waals surface area contributed by atoms with Crippen LogP contribution in [0.4, 0.5) is 17.6 Å². The summed E-state index contributed by atoms with van der Waals surface area (Å²) >= 11 is 0. The maximum atomic E-state index is 14.1. The molecule has 0 spiro atoms. The number of fused-ring (bicyclic) bond motifs is 1. The molecule has 0 radical (unpaired) electrons. The second-order valence-electron chi connectivity index (χ2n) is 9.21. The van der Waals surface area contributed by atoms with Gasteiger partial charge < -0.3 is 24.6 Å². The third kappa shape index (κ3) is 8.45. The van der Waals surface area contributed by atoms with Crippen LogP contribution in [-0.2, 0) is 22.0 Å². The highest BCUT2D eigenvalue weighted by Gasteiger charge is 2.33. The Balaban J connectivity index is 1.31. The number of aliphatic hydroxyl groups excluding tert-OH is 1. The van der Waals surface area contributed by atoms with Crippen LogP contribution in [0.15, 0.2) is 48.5 Å². The third-order valence-corrected chi connectivity index (χ3v) is 5.73. The number of hydrogen-bond acceptors (Lipinski definition) is 5. The first-order valence-corrected chi connectivity index (χ1v) is 11.7. The highest BCUT2D eigenvalue weighted by Crippen LogP contribution is 2.33. The molecule has 2 aromatic rings. The quantitative estimate of drug-likeness (QED) is 0.279. The lowest BCUT2D eigenvalue weighted by Crippen LogP contribution is -2.35. The van der Waals surface area contributed by atoms with Gasteiger partial charge in [-0.25, -0.2) is 8.78 Å². The topological polar surface area (TPSA) is 60.0 Å². The number of nitrogens with one attached hydrogen (secondary N) is 1. The highest BCUT2D eigenvalue weighted by atomic mass is 19.3. The fraction of sp³-hybridized carbons (Fsp3) is 0.538. The maximum Gasteiger partial charge on any atom is 0.296 e. The summed E-state index contributed by atoms with van der Waals surface area (Å²) in [5.74, 6) is -6.24. The summed E-state index contributed by atoms with van der Waals surface area (Å²) < 4.78 is 72.3. The SMILES string of the molecule is CC1(C)OCc2cc([C@@H](O)CNCCCC(F)(F)CCOCC(F)(F)c3ccccc3)ccc2O1. The van der Waals surface area contributed by atoms with E-state index in [-0.39, 0.29) is 25.1 Å². The molecule has 0 aliphatic carbocycles. The second-order valence-corrected chi connectivity index (χ2v) is 9.21. The number of benzene rings is 2. The van der Waals surface area contributed by atoms with E-state index in [1.807, 2.05) is 19.9 Å². The minimum atomic E-state index is -3.23. The predicted octanol–water partition coefficient (Wildman–Crippen LogP) is 5.57. The average molecular weight is 500 g/mol. The van der Waals surface area contributed by atoms with Crippen molar-refractivity contribution in [2.24, 2.45) is 0 Å². The van der Waals surface area contributed by atoms with Gasteiger partial charge in [0, 0.05) is 44.4 Å². The number of aliphatic hydroxyl groups is 1. The molecule has 35 heavy (non-hydrogen) atoms. The van der Waals surface area contributed by atoms with E-state index >= 15 is 0 Å². The molecule has 0 bridgehead atoms. The van der Waals surface area contributed by atoms with Crippen molar-refractivity contribution >= 4 is 0 Å². The van der Waals surface area contributed by atoms with Crippen molar-refractivity contribution < 1.29 is 36.9 Å². The summed E-state index contributed by atoms with van der Waals surface area (Å²) in [7, 11) is 0. The van der Waals surface area contributed by atoms with E-state index in [1.54, 1.807) is 18.2 Å². The van der Waals surface area contributed by atoms with Crippen LogP contribution in [0.25, 0.3) is 0 Å². The molecule has 1 atom stereocenters. The Morgan fingerprint density at radius 2 is 1.83 bits per heavy atom. The molecule has 3 rings (SSSR count). The normalized spacial score (nSPS) is 16.4. The van der Waals surface area contributed by atoms with E-state index in [9.17, 15) is 22.7 Å². The molecular weight excluding hydrogens is 466 g/mol. The number of hydrogen-bond donors (Lipinski definition) is 2. The van der Waals surface area contributed by atoms with Crippen LogP contribution in [0.3, 0.4) is 0 Å². The van der Waals surface area contributed by atoms with Gasteiger partial charge in [-0.1, -0.05) is 36.4 Å². The summed E-state index contributed by atoms with van der Waals surface area (Å²) in [6.07, 6.45) is -1.68. The van der Waals surface area contributed by atoms with Crippen molar-refractivity contribution in [3.8, 4) is 5.75 Å². The molecule has 2 aromatic carbocycles. The maximum absolute atomic E-state index is 14.1. The summed E-state index contributed by atoms with van der Waals surface area (Å²) in [4.78, 5) is 0. The molecule has 0 aromatic heterocycles. The van der Waals surface area contributed by atoms with E-state index in [2.05, 4.69) is 5.32 Å². The van der Waals surface area contributed by atoms with Gasteiger partial charge in [0.1, 0.15) is 12.4 Å². The number of alkyl halides is 4. The van der Waals surface area contributed by atoms with Crippen molar-refractivity contribution in [1.82, 2.24) is 5.32 Å². The van der Waals surface area contributed by atoms with Gasteiger partial charge in [-0.15, -0.1) is 0 Å². The van der Waals surface area contributed by atoms with E-state index in [4.69, 9.17) is 14.2 Å². The Morgan fingerprint density at radius 3 is 2.57 bits per heavy atom. The van der Waals surface area contributed by atoms with Crippen LogP contribution >= 0.6 is 0 Å². The summed E-state index contributed by atoms with van der Waals surface area (Å²) in [6.45, 7) is 3.11. The molecule has 0 unspecified atom stereocenters. The van der Waals surface area contributed by atoms with Crippen LogP contribution in [0.2, 0.25) is 0 Å². The summed E-state index contributed by atoms with van der Waals surface area (Å²) in [6, 6.07) is 12.5. The van der Waals surface area contributed by atoms with Gasteiger partial charge in [-0.3, -0.25) is 0 Å². The first kappa shape index (κ1) is 27.4. The van der Waals surface area contributed by atoms with Crippen LogP contribution in [0.1, 0.15) is 55.9 Å². The first-order chi connectivity index (χ1) is 16.5. The fourth-order valence-corrected chi connectivity index (χ4v) is 3.71. The lowest BCUT2D eigenvalue weighted by Gasteiger charge is -2.33. The summed E-state index contributed by atoms with van der Waals surface area (Å²) in [5, 5.41) is 13.4. The second kappa shape index (κ2) is 11.7. The molecule has 194 valence electrons. The molecule has 0 fully saturated rings. The Hall–Kier alpha value is -2.20. The molecule has 5 nitrogen and oxygen atoms in total. The average Bonchev–Trinajstić information content (AvgIpc) is 2.81. The monoisotopic (exact) mass is 499 g/mol. The smallest absolute Gasteiger partial charge is 0.296 e. The largest absolute Gasteiger partial charge is 0.463 e. The molecule has 9 heteroatoms. The van der Waals surface area contributed by atoms with Crippen LogP contribution in [-0.4, -0.2) is 43.1 Å². The molecule has 1 heterocycles. The summed E-state index contributed by atoms with van der Waals surface area (Å²) in [5.41, 5.74) is 1.31. The Morgan fingerprint density at radius 1 is 1.09 bits per heavy atom.